The molecule has 154 valence electrons. The SMILES string of the molecule is O=C(N/N=C/c1c(-c2ccccc2)n(-c2ccccc2)c2ccccc12)c1ccncc1. The quantitative estimate of drug-likeness (QED) is 0.306. The van der Waals surface area contributed by atoms with Crippen LogP contribution in [-0.2, 0) is 0 Å². The molecule has 5 heteroatoms. The Labute approximate surface area is 185 Å². The third-order valence-electron chi connectivity index (χ3n) is 5.28. The molecule has 0 radical (unpaired) electrons. The first kappa shape index (κ1) is 19.5. The third-order valence-corrected chi connectivity index (χ3v) is 5.28. The summed E-state index contributed by atoms with van der Waals surface area (Å²) in [6, 6.07) is 32.0. The van der Waals surface area contributed by atoms with Crippen molar-refractivity contribution in [2.45, 2.75) is 0 Å². The van der Waals surface area contributed by atoms with Crippen LogP contribution in [0.2, 0.25) is 0 Å². The van der Waals surface area contributed by atoms with Crippen LogP contribution in [-0.4, -0.2) is 21.7 Å². The van der Waals surface area contributed by atoms with Gasteiger partial charge in [-0.05, 0) is 35.9 Å². The molecule has 1 amide bonds. The van der Waals surface area contributed by atoms with Gasteiger partial charge in [-0.25, -0.2) is 5.43 Å². The van der Waals surface area contributed by atoms with Crippen LogP contribution in [0.25, 0.3) is 27.8 Å². The fraction of sp³-hybridized carbons (Fsp3) is 0. The Bertz CT molecular complexity index is 1390. The molecule has 0 saturated carbocycles. The summed E-state index contributed by atoms with van der Waals surface area (Å²) in [4.78, 5) is 16.4. The van der Waals surface area contributed by atoms with E-state index in [9.17, 15) is 4.79 Å². The van der Waals surface area contributed by atoms with Gasteiger partial charge in [-0.2, -0.15) is 5.10 Å². The number of nitrogens with zero attached hydrogens (tertiary/aromatic N) is 3. The van der Waals surface area contributed by atoms with E-state index in [1.54, 1.807) is 30.7 Å². The summed E-state index contributed by atoms with van der Waals surface area (Å²) >= 11 is 0. The minimum atomic E-state index is -0.281. The maximum atomic E-state index is 12.4. The van der Waals surface area contributed by atoms with Gasteiger partial charge in [-0.3, -0.25) is 9.78 Å². The number of hydrogen-bond donors (Lipinski definition) is 1. The lowest BCUT2D eigenvalue weighted by molar-refractivity contribution is 0.0955. The third kappa shape index (κ3) is 3.68. The lowest BCUT2D eigenvalue weighted by Crippen LogP contribution is -2.17. The molecule has 0 saturated heterocycles. The Morgan fingerprint density at radius 1 is 0.812 bits per heavy atom. The highest BCUT2D eigenvalue weighted by molar-refractivity contribution is 6.07. The van der Waals surface area contributed by atoms with Crippen molar-refractivity contribution in [3.05, 3.63) is 121 Å². The van der Waals surface area contributed by atoms with Crippen LogP contribution in [0.4, 0.5) is 0 Å². The van der Waals surface area contributed by atoms with Gasteiger partial charge in [0.25, 0.3) is 5.91 Å². The first-order chi connectivity index (χ1) is 15.8. The predicted octanol–water partition coefficient (Wildman–Crippen LogP) is 5.46. The largest absolute Gasteiger partial charge is 0.309 e. The number of para-hydroxylation sites is 2. The summed E-state index contributed by atoms with van der Waals surface area (Å²) in [5.74, 6) is -0.281. The highest BCUT2D eigenvalue weighted by Gasteiger charge is 2.18. The van der Waals surface area contributed by atoms with Crippen molar-refractivity contribution >= 4 is 23.0 Å². The van der Waals surface area contributed by atoms with Gasteiger partial charge >= 0.3 is 0 Å². The molecule has 0 aliphatic heterocycles. The molecule has 0 spiro atoms. The molecular weight excluding hydrogens is 396 g/mol. The highest BCUT2D eigenvalue weighted by Crippen LogP contribution is 2.35. The van der Waals surface area contributed by atoms with Crippen molar-refractivity contribution in [1.82, 2.24) is 15.0 Å². The molecule has 2 aromatic heterocycles. The Balaban J connectivity index is 1.66. The summed E-state index contributed by atoms with van der Waals surface area (Å²) < 4.78 is 2.23. The van der Waals surface area contributed by atoms with Gasteiger partial charge < -0.3 is 4.57 Å². The summed E-state index contributed by atoms with van der Waals surface area (Å²) in [5, 5.41) is 5.36. The fourth-order valence-corrected chi connectivity index (χ4v) is 3.84. The highest BCUT2D eigenvalue weighted by atomic mass is 16.2. The lowest BCUT2D eigenvalue weighted by Gasteiger charge is -2.12. The number of carbonyl (C=O) groups is 1. The number of nitrogens with one attached hydrogen (secondary N) is 1. The molecule has 32 heavy (non-hydrogen) atoms. The van der Waals surface area contributed by atoms with Gasteiger partial charge in [0.2, 0.25) is 0 Å². The van der Waals surface area contributed by atoms with E-state index in [0.717, 1.165) is 33.4 Å². The van der Waals surface area contributed by atoms with Crippen molar-refractivity contribution in [2.24, 2.45) is 5.10 Å². The number of hydrazone groups is 1. The Morgan fingerprint density at radius 3 is 2.22 bits per heavy atom. The monoisotopic (exact) mass is 416 g/mol. The van der Waals surface area contributed by atoms with E-state index < -0.39 is 0 Å². The molecular formula is C27H20N4O. The van der Waals surface area contributed by atoms with E-state index >= 15 is 0 Å². The standard InChI is InChI=1S/C27H20N4O/c32-27(21-15-17-28-18-16-21)30-29-19-24-23-13-7-8-14-25(23)31(22-11-5-2-6-12-22)26(24)20-9-3-1-4-10-20/h1-19H,(H,30,32)/b29-19+. The van der Waals surface area contributed by atoms with E-state index in [-0.39, 0.29) is 5.91 Å². The maximum Gasteiger partial charge on any atom is 0.271 e. The Morgan fingerprint density at radius 2 is 1.47 bits per heavy atom. The molecule has 0 aliphatic carbocycles. The van der Waals surface area contributed by atoms with Crippen molar-refractivity contribution < 1.29 is 4.79 Å². The van der Waals surface area contributed by atoms with E-state index in [0.29, 0.717) is 5.56 Å². The first-order valence-corrected chi connectivity index (χ1v) is 10.3. The molecule has 5 nitrogen and oxygen atoms in total. The van der Waals surface area contributed by atoms with Gasteiger partial charge in [0.05, 0.1) is 17.4 Å². The minimum absolute atomic E-state index is 0.281. The smallest absolute Gasteiger partial charge is 0.271 e. The molecule has 0 atom stereocenters. The van der Waals surface area contributed by atoms with Crippen LogP contribution in [0.3, 0.4) is 0 Å². The lowest BCUT2D eigenvalue weighted by atomic mass is 10.1. The van der Waals surface area contributed by atoms with Gasteiger partial charge in [0.1, 0.15) is 0 Å². The molecule has 3 aromatic carbocycles. The number of carbonyl (C=O) groups excluding carboxylic acids is 1. The second-order valence-electron chi connectivity index (χ2n) is 7.25. The fourth-order valence-electron chi connectivity index (χ4n) is 3.84. The average Bonchev–Trinajstić information content (AvgIpc) is 3.20. The van der Waals surface area contributed by atoms with Gasteiger partial charge in [0.15, 0.2) is 0 Å². The van der Waals surface area contributed by atoms with E-state index in [2.05, 4.69) is 56.5 Å². The van der Waals surface area contributed by atoms with Crippen LogP contribution < -0.4 is 5.43 Å². The number of hydrogen-bond acceptors (Lipinski definition) is 3. The zero-order chi connectivity index (χ0) is 21.8. The van der Waals surface area contributed by atoms with Crippen molar-refractivity contribution in [3.63, 3.8) is 0 Å². The Hall–Kier alpha value is -4.51. The van der Waals surface area contributed by atoms with Gasteiger partial charge in [-0.1, -0.05) is 66.7 Å². The van der Waals surface area contributed by atoms with Crippen LogP contribution in [0.1, 0.15) is 15.9 Å². The number of aromatic nitrogens is 2. The van der Waals surface area contributed by atoms with E-state index in [1.807, 2.05) is 48.5 Å². The zero-order valence-electron chi connectivity index (χ0n) is 17.2. The first-order valence-electron chi connectivity index (χ1n) is 10.3. The van der Waals surface area contributed by atoms with Gasteiger partial charge in [-0.15, -0.1) is 0 Å². The number of pyridine rings is 1. The number of fused-ring (bicyclic) bond motifs is 1. The summed E-state index contributed by atoms with van der Waals surface area (Å²) in [5.41, 5.74) is 8.28. The van der Waals surface area contributed by atoms with Crippen molar-refractivity contribution in [3.8, 4) is 16.9 Å². The Kier molecular flexibility index (Phi) is 5.29. The maximum absolute atomic E-state index is 12.4. The minimum Gasteiger partial charge on any atom is -0.309 e. The van der Waals surface area contributed by atoms with Crippen LogP contribution >= 0.6 is 0 Å². The molecule has 2 heterocycles. The summed E-state index contributed by atoms with van der Waals surface area (Å²) in [7, 11) is 0. The average molecular weight is 416 g/mol. The molecule has 0 bridgehead atoms. The number of rotatable bonds is 5. The number of amides is 1. The van der Waals surface area contributed by atoms with Crippen molar-refractivity contribution in [2.75, 3.05) is 0 Å². The normalized spacial score (nSPS) is 11.1. The topological polar surface area (TPSA) is 59.3 Å². The molecule has 5 rings (SSSR count). The zero-order valence-corrected chi connectivity index (χ0v) is 17.2. The summed E-state index contributed by atoms with van der Waals surface area (Å²) in [6.07, 6.45) is 4.89. The predicted molar refractivity (Wildman–Crippen MR) is 128 cm³/mol. The molecule has 0 fully saturated rings. The molecule has 5 aromatic rings. The molecule has 0 unspecified atom stereocenters. The molecule has 1 N–H and O–H groups in total. The second-order valence-corrected chi connectivity index (χ2v) is 7.25. The van der Waals surface area contributed by atoms with Gasteiger partial charge in [0, 0.05) is 34.6 Å². The molecule has 0 aliphatic rings. The second kappa shape index (κ2) is 8.70. The van der Waals surface area contributed by atoms with Crippen molar-refractivity contribution in [1.29, 1.82) is 0 Å². The number of benzene rings is 3. The van der Waals surface area contributed by atoms with E-state index in [1.165, 1.54) is 0 Å². The van der Waals surface area contributed by atoms with Crippen LogP contribution in [0.15, 0.2) is 115 Å². The van der Waals surface area contributed by atoms with Crippen LogP contribution in [0.5, 0.6) is 0 Å². The van der Waals surface area contributed by atoms with E-state index in [4.69, 9.17) is 0 Å². The summed E-state index contributed by atoms with van der Waals surface area (Å²) in [6.45, 7) is 0. The van der Waals surface area contributed by atoms with Crippen LogP contribution in [0, 0.1) is 0 Å².